The van der Waals surface area contributed by atoms with Crippen molar-refractivity contribution in [3.63, 3.8) is 0 Å². The maximum absolute atomic E-state index is 10.2. The molecule has 0 aromatic heterocycles. The van der Waals surface area contributed by atoms with Crippen molar-refractivity contribution in [1.29, 1.82) is 0 Å². The minimum Gasteiger partial charge on any atom is -0.394 e. The summed E-state index contributed by atoms with van der Waals surface area (Å²) >= 11 is 3.30. The smallest absolute Gasteiger partial charge is 0.162 e. The van der Waals surface area contributed by atoms with Gasteiger partial charge in [0.15, 0.2) is 6.23 Å². The van der Waals surface area contributed by atoms with Gasteiger partial charge in [0, 0.05) is 11.9 Å². The van der Waals surface area contributed by atoms with E-state index in [-0.39, 0.29) is 6.61 Å². The molecule has 1 heterocycles. The fraction of sp³-hybridized carbons (Fsp3) is 0.600. The minimum absolute atomic E-state index is 0.267. The third-order valence-electron chi connectivity index (χ3n) is 3.70. The van der Waals surface area contributed by atoms with Gasteiger partial charge >= 0.3 is 0 Å². The van der Waals surface area contributed by atoms with Gasteiger partial charge in [0.1, 0.15) is 24.4 Å². The second kappa shape index (κ2) is 9.05. The van der Waals surface area contributed by atoms with Crippen LogP contribution in [0.3, 0.4) is 0 Å². The van der Waals surface area contributed by atoms with Crippen molar-refractivity contribution >= 4 is 15.9 Å². The highest BCUT2D eigenvalue weighted by Gasteiger charge is 2.46. The average molecular weight is 392 g/mol. The van der Waals surface area contributed by atoms with Gasteiger partial charge in [-0.2, -0.15) is 5.06 Å². The molecule has 0 bridgehead atoms. The van der Waals surface area contributed by atoms with E-state index in [1.165, 1.54) is 5.06 Å². The van der Waals surface area contributed by atoms with Crippen molar-refractivity contribution in [2.24, 2.45) is 0 Å². The van der Waals surface area contributed by atoms with Crippen LogP contribution in [-0.4, -0.2) is 74.6 Å². The first-order valence-electron chi connectivity index (χ1n) is 7.38. The van der Waals surface area contributed by atoms with Crippen molar-refractivity contribution in [2.45, 2.75) is 37.3 Å². The first-order chi connectivity index (χ1) is 11.1. The Hall–Kier alpha value is -0.580. The molecule has 130 valence electrons. The number of hydroxylamine groups is 2. The van der Waals surface area contributed by atoms with Gasteiger partial charge in [-0.1, -0.05) is 46.3 Å². The summed E-state index contributed by atoms with van der Waals surface area (Å²) in [5.74, 6) is 0. The number of benzene rings is 1. The molecule has 0 spiro atoms. The highest BCUT2D eigenvalue weighted by molar-refractivity contribution is 9.09. The van der Waals surface area contributed by atoms with E-state index in [1.807, 2.05) is 30.3 Å². The quantitative estimate of drug-likeness (QED) is 0.371. The van der Waals surface area contributed by atoms with Gasteiger partial charge in [-0.05, 0) is 5.56 Å². The minimum atomic E-state index is -1.43. The Morgan fingerprint density at radius 2 is 1.78 bits per heavy atom. The van der Waals surface area contributed by atoms with Gasteiger partial charge in [-0.25, -0.2) is 0 Å². The lowest BCUT2D eigenvalue weighted by Gasteiger charge is -2.43. The fourth-order valence-corrected chi connectivity index (χ4v) is 2.75. The molecule has 5 atom stereocenters. The number of alkyl halides is 1. The van der Waals surface area contributed by atoms with Crippen LogP contribution >= 0.6 is 15.9 Å². The van der Waals surface area contributed by atoms with Gasteiger partial charge in [0.25, 0.3) is 0 Å². The molecule has 1 fully saturated rings. The molecule has 0 saturated carbocycles. The zero-order valence-corrected chi connectivity index (χ0v) is 14.1. The van der Waals surface area contributed by atoms with E-state index < -0.39 is 37.3 Å². The fourth-order valence-electron chi connectivity index (χ4n) is 2.40. The summed E-state index contributed by atoms with van der Waals surface area (Å²) in [5.41, 5.74) is 0.941. The number of aliphatic hydroxyl groups excluding tert-OH is 4. The molecule has 7 nitrogen and oxygen atoms in total. The zero-order valence-electron chi connectivity index (χ0n) is 12.5. The molecular formula is C15H22BrNO6. The summed E-state index contributed by atoms with van der Waals surface area (Å²) in [4.78, 5) is 5.70. The Kier molecular flexibility index (Phi) is 7.38. The molecule has 1 aromatic carbocycles. The molecule has 1 aliphatic heterocycles. The molecule has 0 amide bonds. The normalized spacial score (nSPS) is 31.5. The zero-order chi connectivity index (χ0) is 16.8. The Bertz CT molecular complexity index is 463. The van der Waals surface area contributed by atoms with Crippen LogP contribution in [0.2, 0.25) is 0 Å². The van der Waals surface area contributed by atoms with E-state index in [2.05, 4.69) is 15.9 Å². The summed E-state index contributed by atoms with van der Waals surface area (Å²) in [7, 11) is 0. The molecule has 1 saturated heterocycles. The largest absolute Gasteiger partial charge is 0.394 e. The number of hydrogen-bond acceptors (Lipinski definition) is 7. The molecular weight excluding hydrogens is 370 g/mol. The van der Waals surface area contributed by atoms with Crippen LogP contribution in [0.25, 0.3) is 0 Å². The van der Waals surface area contributed by atoms with Crippen molar-refractivity contribution in [2.75, 3.05) is 18.5 Å². The first kappa shape index (κ1) is 18.8. The lowest BCUT2D eigenvalue weighted by atomic mass is 9.98. The highest BCUT2D eigenvalue weighted by atomic mass is 79.9. The Balaban J connectivity index is 2.06. The van der Waals surface area contributed by atoms with E-state index >= 15 is 0 Å². The average Bonchev–Trinajstić information content (AvgIpc) is 2.58. The first-order valence-corrected chi connectivity index (χ1v) is 8.50. The maximum atomic E-state index is 10.2. The van der Waals surface area contributed by atoms with Gasteiger partial charge in [0.05, 0.1) is 13.2 Å². The topological polar surface area (TPSA) is 103 Å². The molecule has 23 heavy (non-hydrogen) atoms. The predicted octanol–water partition coefficient (Wildman–Crippen LogP) is -0.385. The Morgan fingerprint density at radius 1 is 1.09 bits per heavy atom. The second-order valence-corrected chi connectivity index (χ2v) is 6.10. The van der Waals surface area contributed by atoms with Crippen LogP contribution in [0.4, 0.5) is 0 Å². The van der Waals surface area contributed by atoms with E-state index in [9.17, 15) is 20.4 Å². The molecule has 4 N–H and O–H groups in total. The number of hydrogen-bond donors (Lipinski definition) is 4. The van der Waals surface area contributed by atoms with Gasteiger partial charge < -0.3 is 25.2 Å². The molecule has 0 radical (unpaired) electrons. The highest BCUT2D eigenvalue weighted by Crippen LogP contribution is 2.24. The third-order valence-corrected chi connectivity index (χ3v) is 4.05. The van der Waals surface area contributed by atoms with Crippen molar-refractivity contribution < 1.29 is 30.0 Å². The predicted molar refractivity (Wildman–Crippen MR) is 85.5 cm³/mol. The lowest BCUT2D eigenvalue weighted by molar-refractivity contribution is -0.337. The standard InChI is InChI=1S/C15H22BrNO6/c16-6-7-17(22-9-10-4-2-1-3-5-10)15-14(21)13(20)12(19)11(8-18)23-15/h1-5,11-15,18-21H,6-9H2/t11-,12-,13+,14-,15-/m1/s1. The summed E-state index contributed by atoms with van der Waals surface area (Å²) in [6.07, 6.45) is -6.12. The van der Waals surface area contributed by atoms with Gasteiger partial charge in [0.2, 0.25) is 0 Å². The number of rotatable bonds is 7. The molecule has 0 unspecified atom stereocenters. The van der Waals surface area contributed by atoms with Gasteiger partial charge in [-0.3, -0.25) is 4.84 Å². The lowest BCUT2D eigenvalue weighted by Crippen LogP contribution is -2.63. The molecule has 8 heteroatoms. The van der Waals surface area contributed by atoms with Crippen molar-refractivity contribution in [3.05, 3.63) is 35.9 Å². The monoisotopic (exact) mass is 391 g/mol. The number of aliphatic hydroxyl groups is 4. The Labute approximate surface area is 143 Å². The molecule has 1 aliphatic rings. The molecule has 1 aromatic rings. The molecule has 2 rings (SSSR count). The van der Waals surface area contributed by atoms with Crippen LogP contribution in [0.1, 0.15) is 5.56 Å². The summed E-state index contributed by atoms with van der Waals surface area (Å²) in [5, 5.41) is 41.1. The van der Waals surface area contributed by atoms with Crippen LogP contribution < -0.4 is 0 Å². The maximum Gasteiger partial charge on any atom is 0.162 e. The number of halogens is 1. The third kappa shape index (κ3) is 4.71. The van der Waals surface area contributed by atoms with E-state index in [1.54, 1.807) is 0 Å². The van der Waals surface area contributed by atoms with Crippen LogP contribution in [0.15, 0.2) is 30.3 Å². The van der Waals surface area contributed by atoms with Crippen LogP contribution in [0.5, 0.6) is 0 Å². The Morgan fingerprint density at radius 3 is 2.39 bits per heavy atom. The van der Waals surface area contributed by atoms with Gasteiger partial charge in [-0.15, -0.1) is 0 Å². The summed E-state index contributed by atoms with van der Waals surface area (Å²) in [6.45, 7) is 0.181. The second-order valence-electron chi connectivity index (χ2n) is 5.31. The summed E-state index contributed by atoms with van der Waals surface area (Å²) < 4.78 is 5.50. The SMILES string of the molecule is OC[C@H]1O[C@@H](N(CCBr)OCc2ccccc2)[C@H](O)[C@@H](O)[C@@H]1O. The van der Waals surface area contributed by atoms with E-state index in [0.717, 1.165) is 5.56 Å². The number of nitrogens with zero attached hydrogens (tertiary/aromatic N) is 1. The molecule has 0 aliphatic carbocycles. The van der Waals surface area contributed by atoms with Crippen LogP contribution in [0, 0.1) is 0 Å². The van der Waals surface area contributed by atoms with E-state index in [4.69, 9.17) is 9.57 Å². The number of ether oxygens (including phenoxy) is 1. The van der Waals surface area contributed by atoms with Crippen LogP contribution in [-0.2, 0) is 16.2 Å². The van der Waals surface area contributed by atoms with E-state index in [0.29, 0.717) is 11.9 Å². The van der Waals surface area contributed by atoms with Crippen molar-refractivity contribution in [3.8, 4) is 0 Å². The summed E-state index contributed by atoms with van der Waals surface area (Å²) in [6, 6.07) is 9.49. The van der Waals surface area contributed by atoms with Crippen molar-refractivity contribution in [1.82, 2.24) is 5.06 Å².